The number of likely N-dealkylation sites (tertiary alicyclic amines) is 1. The second-order valence-corrected chi connectivity index (χ2v) is 11.8. The van der Waals surface area contributed by atoms with Crippen LogP contribution in [0.4, 0.5) is 9.93 Å². The normalized spacial score (nSPS) is 19.3. The first-order valence-electron chi connectivity index (χ1n) is 12.5. The van der Waals surface area contributed by atoms with E-state index in [0.717, 1.165) is 63.5 Å². The predicted molar refractivity (Wildman–Crippen MR) is 141 cm³/mol. The van der Waals surface area contributed by atoms with Crippen molar-refractivity contribution >= 4 is 50.2 Å². The molecule has 36 heavy (non-hydrogen) atoms. The van der Waals surface area contributed by atoms with E-state index in [1.165, 1.54) is 55.2 Å². The summed E-state index contributed by atoms with van der Waals surface area (Å²) in [5.41, 5.74) is 2.68. The van der Waals surface area contributed by atoms with Crippen LogP contribution < -0.4 is 5.32 Å². The Morgan fingerprint density at radius 1 is 1.17 bits per heavy atom. The summed E-state index contributed by atoms with van der Waals surface area (Å²) >= 11 is 2.96. The number of hydrogen-bond acceptors (Lipinski definition) is 9. The largest absolute Gasteiger partial charge is 0.445 e. The molecule has 9 nitrogen and oxygen atoms in total. The number of rotatable bonds is 6. The maximum atomic E-state index is 12.3. The fourth-order valence-electron chi connectivity index (χ4n) is 5.05. The third-order valence-corrected chi connectivity index (χ3v) is 8.77. The molecule has 1 aromatic carbocycles. The highest BCUT2D eigenvalue weighted by Gasteiger charge is 2.23. The van der Waals surface area contributed by atoms with E-state index in [1.807, 2.05) is 29.8 Å². The van der Waals surface area contributed by atoms with E-state index in [9.17, 15) is 4.79 Å². The number of aromatic nitrogens is 5. The zero-order chi connectivity index (χ0) is 24.5. The number of fused-ring (bicyclic) bond motifs is 2. The zero-order valence-electron chi connectivity index (χ0n) is 20.2. The Kier molecular flexibility index (Phi) is 6.77. The van der Waals surface area contributed by atoms with Crippen molar-refractivity contribution in [3.05, 3.63) is 36.0 Å². The van der Waals surface area contributed by atoms with Gasteiger partial charge in [0.05, 0.1) is 15.9 Å². The molecule has 1 N–H and O–H groups in total. The minimum Gasteiger partial charge on any atom is -0.445 e. The number of carbonyl (C=O) groups excluding carboxylic acids is 1. The molecule has 11 heteroatoms. The fourth-order valence-corrected chi connectivity index (χ4v) is 6.84. The Bertz CT molecular complexity index is 1380. The van der Waals surface area contributed by atoms with Gasteiger partial charge >= 0.3 is 6.09 Å². The Balaban J connectivity index is 1.15. The van der Waals surface area contributed by atoms with E-state index in [4.69, 9.17) is 9.84 Å². The molecule has 4 aromatic rings. The topological polar surface area (TPSA) is 97.5 Å². The quantitative estimate of drug-likeness (QED) is 0.365. The second-order valence-electron chi connectivity index (χ2n) is 9.74. The number of likely N-dealkylation sites (N-methyl/N-ethyl adjacent to an activating group) is 1. The number of carbonyl (C=O) groups is 1. The lowest BCUT2D eigenvalue weighted by Gasteiger charge is -2.20. The van der Waals surface area contributed by atoms with Gasteiger partial charge in [0.2, 0.25) is 5.16 Å². The van der Waals surface area contributed by atoms with Crippen LogP contribution >= 0.6 is 23.1 Å². The highest BCUT2D eigenvalue weighted by molar-refractivity contribution is 7.99. The second kappa shape index (κ2) is 10.3. The molecular weight excluding hydrogens is 494 g/mol. The van der Waals surface area contributed by atoms with Crippen molar-refractivity contribution in [2.45, 2.75) is 61.1 Å². The number of nitrogens with zero attached hydrogens (tertiary/aromatic N) is 6. The number of thiazole rings is 1. The van der Waals surface area contributed by atoms with Crippen LogP contribution in [0, 0.1) is 5.92 Å². The lowest BCUT2D eigenvalue weighted by molar-refractivity contribution is 0.115. The van der Waals surface area contributed by atoms with Crippen LogP contribution in [0.1, 0.15) is 44.2 Å². The molecule has 6 rings (SSSR count). The highest BCUT2D eigenvalue weighted by atomic mass is 32.2. The van der Waals surface area contributed by atoms with Crippen molar-refractivity contribution in [1.29, 1.82) is 0 Å². The number of anilines is 1. The molecule has 0 unspecified atom stereocenters. The predicted octanol–water partition coefficient (Wildman–Crippen LogP) is 5.26. The van der Waals surface area contributed by atoms with E-state index in [0.29, 0.717) is 5.13 Å². The van der Waals surface area contributed by atoms with Crippen LogP contribution in [0.5, 0.6) is 0 Å². The summed E-state index contributed by atoms with van der Waals surface area (Å²) in [6, 6.07) is 10.1. The van der Waals surface area contributed by atoms with E-state index in [2.05, 4.69) is 37.5 Å². The molecule has 4 heterocycles. The van der Waals surface area contributed by atoms with Gasteiger partial charge in [-0.25, -0.2) is 9.78 Å². The molecule has 2 fully saturated rings. The molecule has 1 saturated carbocycles. The number of benzene rings is 1. The van der Waals surface area contributed by atoms with E-state index >= 15 is 0 Å². The summed E-state index contributed by atoms with van der Waals surface area (Å²) in [6.07, 6.45) is 7.97. The van der Waals surface area contributed by atoms with Crippen molar-refractivity contribution in [3.63, 3.8) is 0 Å². The van der Waals surface area contributed by atoms with E-state index < -0.39 is 6.09 Å². The maximum Gasteiger partial charge on any atom is 0.413 e. The van der Waals surface area contributed by atoms with E-state index in [-0.39, 0.29) is 6.10 Å². The van der Waals surface area contributed by atoms with Gasteiger partial charge in [-0.2, -0.15) is 9.61 Å². The van der Waals surface area contributed by atoms with Gasteiger partial charge in [0.25, 0.3) is 0 Å². The number of nitrogens with one attached hydrogen (secondary N) is 1. The number of hydrogen-bond donors (Lipinski definition) is 1. The molecule has 1 aliphatic heterocycles. The Labute approximate surface area is 217 Å². The van der Waals surface area contributed by atoms with Gasteiger partial charge in [-0.05, 0) is 67.9 Å². The van der Waals surface area contributed by atoms with Crippen molar-refractivity contribution in [2.24, 2.45) is 5.92 Å². The molecule has 0 spiro atoms. The smallest absolute Gasteiger partial charge is 0.413 e. The first-order chi connectivity index (χ1) is 17.6. The van der Waals surface area contributed by atoms with Crippen LogP contribution in [0.3, 0.4) is 0 Å². The van der Waals surface area contributed by atoms with Crippen LogP contribution in [-0.4, -0.2) is 62.0 Å². The van der Waals surface area contributed by atoms with Gasteiger partial charge in [-0.3, -0.25) is 5.32 Å². The summed E-state index contributed by atoms with van der Waals surface area (Å²) in [6.45, 7) is 1.71. The SMILES string of the molecule is CN1CC[C@H](OC(=O)Nc2nc3ccc(Sc4nnc5ccc(CC6CCCCC6)nn45)cc3s2)C1. The standard InChI is InChI=1S/C25H29N7O2S2/c1-31-12-11-18(15-31)34-25(33)27-23-26-20-9-8-19(14-21(20)36-23)35-24-29-28-22-10-7-17(30-32(22)24)13-16-5-3-2-4-6-16/h7-10,14,16,18H,2-6,11-13,15H2,1H3,(H,26,27,33)/t18-/m0/s1. The van der Waals surface area contributed by atoms with Crippen molar-refractivity contribution < 1.29 is 9.53 Å². The minimum absolute atomic E-state index is 0.0675. The molecule has 2 aliphatic rings. The molecule has 1 amide bonds. The first-order valence-corrected chi connectivity index (χ1v) is 14.2. The highest BCUT2D eigenvalue weighted by Crippen LogP contribution is 2.33. The third-order valence-electron chi connectivity index (χ3n) is 6.91. The molecule has 0 bridgehead atoms. The van der Waals surface area contributed by atoms with Crippen LogP contribution in [0.2, 0.25) is 0 Å². The molecule has 1 atom stereocenters. The lowest BCUT2D eigenvalue weighted by atomic mass is 9.86. The average molecular weight is 524 g/mol. The molecule has 1 aliphatic carbocycles. The summed E-state index contributed by atoms with van der Waals surface area (Å²) < 4.78 is 8.35. The monoisotopic (exact) mass is 523 g/mol. The Morgan fingerprint density at radius 3 is 2.89 bits per heavy atom. The van der Waals surface area contributed by atoms with Crippen molar-refractivity contribution in [1.82, 2.24) is 29.7 Å². The van der Waals surface area contributed by atoms with Gasteiger partial charge < -0.3 is 9.64 Å². The summed E-state index contributed by atoms with van der Waals surface area (Å²) in [7, 11) is 2.03. The molecule has 0 radical (unpaired) electrons. The van der Waals surface area contributed by atoms with Crippen molar-refractivity contribution in [3.8, 4) is 0 Å². The summed E-state index contributed by atoms with van der Waals surface area (Å²) in [5.74, 6) is 0.726. The first kappa shape index (κ1) is 23.6. The van der Waals surface area contributed by atoms with Crippen LogP contribution in [0.25, 0.3) is 15.9 Å². The summed E-state index contributed by atoms with van der Waals surface area (Å²) in [5, 5.41) is 17.6. The molecular formula is C25H29N7O2S2. The summed E-state index contributed by atoms with van der Waals surface area (Å²) in [4.78, 5) is 20.0. The molecule has 1 saturated heterocycles. The third kappa shape index (κ3) is 5.33. The van der Waals surface area contributed by atoms with Crippen LogP contribution in [-0.2, 0) is 11.2 Å². The molecule has 3 aromatic heterocycles. The van der Waals surface area contributed by atoms with Gasteiger partial charge in [-0.1, -0.05) is 43.4 Å². The lowest BCUT2D eigenvalue weighted by Crippen LogP contribution is -2.25. The fraction of sp³-hybridized carbons (Fsp3) is 0.480. The van der Waals surface area contributed by atoms with Gasteiger partial charge in [0, 0.05) is 18.0 Å². The molecule has 188 valence electrons. The van der Waals surface area contributed by atoms with Crippen molar-refractivity contribution in [2.75, 3.05) is 25.5 Å². The zero-order valence-corrected chi connectivity index (χ0v) is 21.9. The number of ether oxygens (including phenoxy) is 1. The number of amides is 1. The Hall–Kier alpha value is -2.76. The average Bonchev–Trinajstić information content (AvgIpc) is 3.58. The Morgan fingerprint density at radius 2 is 2.06 bits per heavy atom. The van der Waals surface area contributed by atoms with Gasteiger partial charge in [-0.15, -0.1) is 10.2 Å². The minimum atomic E-state index is -0.450. The van der Waals surface area contributed by atoms with Gasteiger partial charge in [0.15, 0.2) is 10.8 Å². The van der Waals surface area contributed by atoms with Gasteiger partial charge in [0.1, 0.15) is 6.10 Å². The van der Waals surface area contributed by atoms with E-state index in [1.54, 1.807) is 0 Å². The maximum absolute atomic E-state index is 12.3. The van der Waals surface area contributed by atoms with Crippen LogP contribution in [0.15, 0.2) is 40.4 Å².